The Bertz CT molecular complexity index is 557. The van der Waals surface area contributed by atoms with E-state index in [9.17, 15) is 0 Å². The van der Waals surface area contributed by atoms with Crippen LogP contribution in [0.1, 0.15) is 26.1 Å². The Morgan fingerprint density at radius 1 is 1.39 bits per heavy atom. The fourth-order valence-corrected chi connectivity index (χ4v) is 2.28. The number of nitrogens with two attached hydrogens (primary N) is 1. The molecule has 0 unspecified atom stereocenters. The highest BCUT2D eigenvalue weighted by Crippen LogP contribution is 2.27. The van der Waals surface area contributed by atoms with Crippen molar-refractivity contribution >= 4 is 16.7 Å². The molecule has 1 aromatic heterocycles. The molecule has 0 spiro atoms. The molecule has 2 aromatic rings. The summed E-state index contributed by atoms with van der Waals surface area (Å²) in [7, 11) is 0. The average Bonchev–Trinajstić information content (AvgIpc) is 2.54. The molecule has 0 saturated heterocycles. The van der Waals surface area contributed by atoms with Crippen molar-refractivity contribution in [1.29, 1.82) is 0 Å². The van der Waals surface area contributed by atoms with E-state index >= 15 is 0 Å². The standard InChI is InChI=1S/C14H21N3O/c1-10-16-12-8-11(15)4-5-13(12)17(10)9-14(2,3)6-7-18/h4-5,8,18H,6-7,9,15H2,1-3H3. The van der Waals surface area contributed by atoms with Crippen LogP contribution in [0, 0.1) is 12.3 Å². The third-order valence-corrected chi connectivity index (χ3v) is 3.34. The first kappa shape index (κ1) is 12.9. The fourth-order valence-electron chi connectivity index (χ4n) is 2.28. The fraction of sp³-hybridized carbons (Fsp3) is 0.500. The molecule has 0 aliphatic rings. The van der Waals surface area contributed by atoms with Gasteiger partial charge in [0.05, 0.1) is 11.0 Å². The van der Waals surface area contributed by atoms with E-state index in [0.717, 1.165) is 35.5 Å². The van der Waals surface area contributed by atoms with Gasteiger partial charge in [0.2, 0.25) is 0 Å². The molecule has 1 aromatic carbocycles. The first-order chi connectivity index (χ1) is 8.43. The van der Waals surface area contributed by atoms with Gasteiger partial charge in [0, 0.05) is 18.8 Å². The Morgan fingerprint density at radius 2 is 2.11 bits per heavy atom. The number of fused-ring (bicyclic) bond motifs is 1. The lowest BCUT2D eigenvalue weighted by atomic mass is 9.89. The lowest BCUT2D eigenvalue weighted by molar-refractivity contribution is 0.193. The van der Waals surface area contributed by atoms with Crippen molar-refractivity contribution < 1.29 is 5.11 Å². The predicted octanol–water partition coefficient (Wildman–Crippen LogP) is 2.34. The maximum absolute atomic E-state index is 9.11. The number of hydrogen-bond acceptors (Lipinski definition) is 3. The number of aliphatic hydroxyl groups excluding tert-OH is 1. The van der Waals surface area contributed by atoms with E-state index in [1.165, 1.54) is 0 Å². The molecule has 0 aliphatic carbocycles. The Labute approximate surface area is 107 Å². The summed E-state index contributed by atoms with van der Waals surface area (Å²) in [5.41, 5.74) is 8.61. The van der Waals surface area contributed by atoms with Gasteiger partial charge in [-0.1, -0.05) is 13.8 Å². The summed E-state index contributed by atoms with van der Waals surface area (Å²) in [6.45, 7) is 7.38. The zero-order valence-corrected chi connectivity index (χ0v) is 11.3. The Kier molecular flexibility index (Phi) is 3.30. The molecule has 0 atom stereocenters. The second-order valence-electron chi connectivity index (χ2n) is 5.63. The lowest BCUT2D eigenvalue weighted by Crippen LogP contribution is -2.21. The minimum atomic E-state index is 0.0501. The van der Waals surface area contributed by atoms with Crippen LogP contribution in [-0.4, -0.2) is 21.3 Å². The molecule has 98 valence electrons. The zero-order valence-electron chi connectivity index (χ0n) is 11.3. The molecular weight excluding hydrogens is 226 g/mol. The maximum Gasteiger partial charge on any atom is 0.106 e. The van der Waals surface area contributed by atoms with Crippen molar-refractivity contribution in [3.63, 3.8) is 0 Å². The maximum atomic E-state index is 9.11. The number of aryl methyl sites for hydroxylation is 1. The van der Waals surface area contributed by atoms with Crippen molar-refractivity contribution in [2.75, 3.05) is 12.3 Å². The molecule has 18 heavy (non-hydrogen) atoms. The molecule has 0 radical (unpaired) electrons. The van der Waals surface area contributed by atoms with Gasteiger partial charge in [-0.25, -0.2) is 4.98 Å². The van der Waals surface area contributed by atoms with Crippen molar-refractivity contribution in [3.8, 4) is 0 Å². The quantitative estimate of drug-likeness (QED) is 0.815. The number of aliphatic hydroxyl groups is 1. The van der Waals surface area contributed by atoms with Gasteiger partial charge >= 0.3 is 0 Å². The third-order valence-electron chi connectivity index (χ3n) is 3.34. The monoisotopic (exact) mass is 247 g/mol. The van der Waals surface area contributed by atoms with Crippen molar-refractivity contribution in [1.82, 2.24) is 9.55 Å². The molecule has 0 fully saturated rings. The highest BCUT2D eigenvalue weighted by Gasteiger charge is 2.20. The SMILES string of the molecule is Cc1nc2cc(N)ccc2n1CC(C)(C)CCO. The van der Waals surface area contributed by atoms with E-state index in [-0.39, 0.29) is 12.0 Å². The van der Waals surface area contributed by atoms with Gasteiger partial charge in [0.1, 0.15) is 5.82 Å². The second kappa shape index (κ2) is 4.61. The van der Waals surface area contributed by atoms with Gasteiger partial charge in [0.15, 0.2) is 0 Å². The summed E-state index contributed by atoms with van der Waals surface area (Å²) < 4.78 is 2.20. The van der Waals surface area contributed by atoms with E-state index in [2.05, 4.69) is 23.4 Å². The molecule has 4 heteroatoms. The van der Waals surface area contributed by atoms with E-state index in [0.29, 0.717) is 0 Å². The Balaban J connectivity index is 2.41. The molecule has 1 heterocycles. The number of hydrogen-bond donors (Lipinski definition) is 2. The number of rotatable bonds is 4. The molecule has 0 aliphatic heterocycles. The summed E-state index contributed by atoms with van der Waals surface area (Å²) in [5, 5.41) is 9.11. The summed E-state index contributed by atoms with van der Waals surface area (Å²) >= 11 is 0. The van der Waals surface area contributed by atoms with Crippen molar-refractivity contribution in [2.24, 2.45) is 5.41 Å². The van der Waals surface area contributed by atoms with Gasteiger partial charge < -0.3 is 15.4 Å². The van der Waals surface area contributed by atoms with Crippen LogP contribution in [0.3, 0.4) is 0 Å². The van der Waals surface area contributed by atoms with Crippen molar-refractivity contribution in [3.05, 3.63) is 24.0 Å². The van der Waals surface area contributed by atoms with E-state index in [4.69, 9.17) is 10.8 Å². The van der Waals surface area contributed by atoms with Crippen LogP contribution in [0.15, 0.2) is 18.2 Å². The van der Waals surface area contributed by atoms with Crippen LogP contribution < -0.4 is 5.73 Å². The van der Waals surface area contributed by atoms with Gasteiger partial charge in [0.25, 0.3) is 0 Å². The number of benzene rings is 1. The van der Waals surface area contributed by atoms with Crippen molar-refractivity contribution in [2.45, 2.75) is 33.7 Å². The van der Waals surface area contributed by atoms with E-state index < -0.39 is 0 Å². The number of aromatic nitrogens is 2. The van der Waals surface area contributed by atoms with Crippen LogP contribution >= 0.6 is 0 Å². The predicted molar refractivity (Wildman–Crippen MR) is 74.4 cm³/mol. The summed E-state index contributed by atoms with van der Waals surface area (Å²) in [6, 6.07) is 5.82. The third kappa shape index (κ3) is 2.48. The van der Waals surface area contributed by atoms with Crippen LogP contribution in [0.4, 0.5) is 5.69 Å². The first-order valence-electron chi connectivity index (χ1n) is 6.26. The van der Waals surface area contributed by atoms with Gasteiger partial charge in [-0.05, 0) is 37.0 Å². The molecular formula is C14H21N3O. The summed E-state index contributed by atoms with van der Waals surface area (Å²) in [4.78, 5) is 4.54. The summed E-state index contributed by atoms with van der Waals surface area (Å²) in [5.74, 6) is 0.988. The van der Waals surface area contributed by atoms with E-state index in [1.54, 1.807) is 0 Å². The Hall–Kier alpha value is -1.55. The molecule has 3 N–H and O–H groups in total. The lowest BCUT2D eigenvalue weighted by Gasteiger charge is -2.25. The molecule has 2 rings (SSSR count). The molecule has 0 saturated carbocycles. The van der Waals surface area contributed by atoms with Crippen LogP contribution in [0.2, 0.25) is 0 Å². The van der Waals surface area contributed by atoms with E-state index in [1.807, 2.05) is 25.1 Å². The highest BCUT2D eigenvalue weighted by atomic mass is 16.3. The van der Waals surface area contributed by atoms with Gasteiger partial charge in [-0.2, -0.15) is 0 Å². The number of nitrogen functional groups attached to an aromatic ring is 1. The number of imidazole rings is 1. The normalized spacial score (nSPS) is 12.2. The smallest absolute Gasteiger partial charge is 0.106 e. The largest absolute Gasteiger partial charge is 0.399 e. The number of nitrogens with zero attached hydrogens (tertiary/aromatic N) is 2. The average molecular weight is 247 g/mol. The second-order valence-corrected chi connectivity index (χ2v) is 5.63. The van der Waals surface area contributed by atoms with Crippen LogP contribution in [0.5, 0.6) is 0 Å². The topological polar surface area (TPSA) is 64.1 Å². The molecule has 4 nitrogen and oxygen atoms in total. The zero-order chi connectivity index (χ0) is 13.3. The summed E-state index contributed by atoms with van der Waals surface area (Å²) in [6.07, 6.45) is 0.779. The molecule has 0 amide bonds. The number of anilines is 1. The molecule has 0 bridgehead atoms. The minimum absolute atomic E-state index is 0.0501. The van der Waals surface area contributed by atoms with Crippen LogP contribution in [-0.2, 0) is 6.54 Å². The highest BCUT2D eigenvalue weighted by molar-refractivity contribution is 5.79. The van der Waals surface area contributed by atoms with Crippen LogP contribution in [0.25, 0.3) is 11.0 Å². The Morgan fingerprint density at radius 3 is 2.78 bits per heavy atom. The van der Waals surface area contributed by atoms with Gasteiger partial charge in [-0.3, -0.25) is 0 Å². The minimum Gasteiger partial charge on any atom is -0.399 e. The first-order valence-corrected chi connectivity index (χ1v) is 6.26. The van der Waals surface area contributed by atoms with Gasteiger partial charge in [-0.15, -0.1) is 0 Å².